The second-order valence-electron chi connectivity index (χ2n) is 6.88. The largest absolute Gasteiger partial charge is 0.356 e. The van der Waals surface area contributed by atoms with E-state index in [1.54, 1.807) is 17.3 Å². The zero-order valence-electron chi connectivity index (χ0n) is 15.7. The van der Waals surface area contributed by atoms with Crippen molar-refractivity contribution in [2.45, 2.75) is 38.5 Å². The average molecular weight is 367 g/mol. The molecule has 0 saturated carbocycles. The molecule has 6 heteroatoms. The molecule has 6 nitrogen and oxygen atoms in total. The van der Waals surface area contributed by atoms with Crippen LogP contribution in [0, 0.1) is 0 Å². The number of aromatic nitrogens is 1. The number of hydrogen-bond donors (Lipinski definition) is 1. The normalized spacial score (nSPS) is 20.0. The monoisotopic (exact) mass is 367 g/mol. The summed E-state index contributed by atoms with van der Waals surface area (Å²) in [7, 11) is 0. The first-order chi connectivity index (χ1) is 13.1. The van der Waals surface area contributed by atoms with Crippen LogP contribution in [0.4, 0.5) is 0 Å². The highest BCUT2D eigenvalue weighted by molar-refractivity contribution is 5.86. The summed E-state index contributed by atoms with van der Waals surface area (Å²) in [5.41, 5.74) is 1.95. The number of carbonyl (C=O) groups excluding carboxylic acids is 2. The third-order valence-corrected chi connectivity index (χ3v) is 4.65. The Hall–Kier alpha value is -2.73. The average Bonchev–Trinajstić information content (AvgIpc) is 2.68. The van der Waals surface area contributed by atoms with Crippen molar-refractivity contribution in [1.82, 2.24) is 15.2 Å². The van der Waals surface area contributed by atoms with E-state index in [1.807, 2.05) is 56.3 Å². The zero-order chi connectivity index (χ0) is 19.2. The third-order valence-electron chi connectivity index (χ3n) is 4.65. The van der Waals surface area contributed by atoms with Gasteiger partial charge in [0, 0.05) is 25.0 Å². The first-order valence-corrected chi connectivity index (χ1v) is 9.22. The van der Waals surface area contributed by atoms with Gasteiger partial charge in [-0.15, -0.1) is 0 Å². The minimum absolute atomic E-state index is 0.0303. The van der Waals surface area contributed by atoms with Crippen molar-refractivity contribution in [2.75, 3.05) is 13.2 Å². The van der Waals surface area contributed by atoms with E-state index in [0.717, 1.165) is 11.1 Å². The molecule has 0 aliphatic carbocycles. The second-order valence-corrected chi connectivity index (χ2v) is 6.88. The maximum Gasteiger partial charge on any atom is 0.251 e. The fourth-order valence-electron chi connectivity index (χ4n) is 3.42. The topological polar surface area (TPSA) is 71.5 Å². The number of morpholine rings is 1. The van der Waals surface area contributed by atoms with Crippen LogP contribution in [0.3, 0.4) is 0 Å². The molecule has 1 aromatic carbocycles. The van der Waals surface area contributed by atoms with Gasteiger partial charge in [-0.25, -0.2) is 0 Å². The number of hydrogen-bond acceptors (Lipinski definition) is 4. The summed E-state index contributed by atoms with van der Waals surface area (Å²) >= 11 is 0. The van der Waals surface area contributed by atoms with Crippen LogP contribution in [0.2, 0.25) is 0 Å². The van der Waals surface area contributed by atoms with Gasteiger partial charge in [-0.05, 0) is 37.5 Å². The van der Waals surface area contributed by atoms with Crippen molar-refractivity contribution >= 4 is 11.8 Å². The van der Waals surface area contributed by atoms with Crippen LogP contribution >= 0.6 is 0 Å². The van der Waals surface area contributed by atoms with Crippen LogP contribution in [0.1, 0.15) is 31.0 Å². The van der Waals surface area contributed by atoms with E-state index in [-0.39, 0.29) is 24.5 Å². The molecule has 1 saturated heterocycles. The van der Waals surface area contributed by atoms with Gasteiger partial charge in [0.25, 0.3) is 5.91 Å². The SMILES string of the molecule is CC(C)N1C(=O)CO[C@H](C(=O)NCCc2cccnc2)[C@H]1c1ccccc1. The predicted octanol–water partition coefficient (Wildman–Crippen LogP) is 2.12. The Balaban J connectivity index is 1.74. The van der Waals surface area contributed by atoms with Crippen molar-refractivity contribution in [3.63, 3.8) is 0 Å². The van der Waals surface area contributed by atoms with Crippen LogP contribution in [-0.2, 0) is 20.7 Å². The van der Waals surface area contributed by atoms with Gasteiger partial charge in [0.2, 0.25) is 5.91 Å². The molecule has 2 atom stereocenters. The highest BCUT2D eigenvalue weighted by atomic mass is 16.5. The molecule has 0 spiro atoms. The predicted molar refractivity (Wildman–Crippen MR) is 102 cm³/mol. The first-order valence-electron chi connectivity index (χ1n) is 9.22. The van der Waals surface area contributed by atoms with Gasteiger partial charge in [0.1, 0.15) is 6.61 Å². The standard InChI is InChI=1S/C21H25N3O3/c1-15(2)24-18(25)14-27-20(19(24)17-8-4-3-5-9-17)21(26)23-12-10-16-7-6-11-22-13-16/h3-9,11,13,15,19-20H,10,12,14H2,1-2H3,(H,23,26)/t19-,20+/m1/s1. The van der Waals surface area contributed by atoms with Crippen molar-refractivity contribution in [3.8, 4) is 0 Å². The van der Waals surface area contributed by atoms with E-state index in [0.29, 0.717) is 13.0 Å². The van der Waals surface area contributed by atoms with Crippen LogP contribution in [0.5, 0.6) is 0 Å². The quantitative estimate of drug-likeness (QED) is 0.849. The van der Waals surface area contributed by atoms with Crippen molar-refractivity contribution in [3.05, 3.63) is 66.0 Å². The van der Waals surface area contributed by atoms with E-state index in [1.165, 1.54) is 0 Å². The van der Waals surface area contributed by atoms with Gasteiger partial charge in [-0.3, -0.25) is 14.6 Å². The van der Waals surface area contributed by atoms with E-state index in [9.17, 15) is 9.59 Å². The van der Waals surface area contributed by atoms with E-state index >= 15 is 0 Å². The molecule has 1 aromatic heterocycles. The van der Waals surface area contributed by atoms with Gasteiger partial charge in [0.05, 0.1) is 6.04 Å². The lowest BCUT2D eigenvalue weighted by Crippen LogP contribution is -2.56. The lowest BCUT2D eigenvalue weighted by Gasteiger charge is -2.42. The number of carbonyl (C=O) groups is 2. The summed E-state index contributed by atoms with van der Waals surface area (Å²) in [6.07, 6.45) is 3.46. The maximum atomic E-state index is 12.9. The summed E-state index contributed by atoms with van der Waals surface area (Å²) in [5, 5.41) is 2.95. The van der Waals surface area contributed by atoms with Crippen LogP contribution in [-0.4, -0.2) is 47.0 Å². The smallest absolute Gasteiger partial charge is 0.251 e. The Labute approximate surface area is 159 Å². The Morgan fingerprint density at radius 3 is 2.70 bits per heavy atom. The molecular formula is C21H25N3O3. The van der Waals surface area contributed by atoms with Crippen LogP contribution in [0.15, 0.2) is 54.9 Å². The highest BCUT2D eigenvalue weighted by Crippen LogP contribution is 2.32. The molecule has 0 bridgehead atoms. The number of ether oxygens (including phenoxy) is 1. The third kappa shape index (κ3) is 4.52. The number of pyridine rings is 1. The fourth-order valence-corrected chi connectivity index (χ4v) is 3.42. The fraction of sp³-hybridized carbons (Fsp3) is 0.381. The van der Waals surface area contributed by atoms with Gasteiger partial charge in [0.15, 0.2) is 6.10 Å². The Bertz CT molecular complexity index is 765. The van der Waals surface area contributed by atoms with Crippen molar-refractivity contribution in [2.24, 2.45) is 0 Å². The first kappa shape index (κ1) is 19.0. The number of rotatable bonds is 6. The minimum atomic E-state index is -0.735. The van der Waals surface area contributed by atoms with Gasteiger partial charge in [-0.1, -0.05) is 36.4 Å². The Kier molecular flexibility index (Phi) is 6.19. The number of nitrogens with one attached hydrogen (secondary N) is 1. The maximum absolute atomic E-state index is 12.9. The number of nitrogens with zero attached hydrogens (tertiary/aromatic N) is 2. The summed E-state index contributed by atoms with van der Waals surface area (Å²) in [6, 6.07) is 13.0. The summed E-state index contributed by atoms with van der Waals surface area (Å²) in [4.78, 5) is 31.1. The lowest BCUT2D eigenvalue weighted by molar-refractivity contribution is -0.167. The lowest BCUT2D eigenvalue weighted by atomic mass is 9.95. The molecule has 1 N–H and O–H groups in total. The number of benzene rings is 1. The van der Waals surface area contributed by atoms with Crippen LogP contribution in [0.25, 0.3) is 0 Å². The van der Waals surface area contributed by atoms with E-state index < -0.39 is 12.1 Å². The molecule has 2 heterocycles. The van der Waals surface area contributed by atoms with Gasteiger partial charge in [-0.2, -0.15) is 0 Å². The Morgan fingerprint density at radius 2 is 2.04 bits per heavy atom. The highest BCUT2D eigenvalue weighted by Gasteiger charge is 2.42. The molecule has 0 unspecified atom stereocenters. The molecule has 2 amide bonds. The summed E-state index contributed by atoms with van der Waals surface area (Å²) < 4.78 is 5.69. The van der Waals surface area contributed by atoms with E-state index in [2.05, 4.69) is 10.3 Å². The molecular weight excluding hydrogens is 342 g/mol. The second kappa shape index (κ2) is 8.77. The molecule has 1 fully saturated rings. The minimum Gasteiger partial charge on any atom is -0.356 e. The molecule has 2 aromatic rings. The number of amides is 2. The molecule has 1 aliphatic heterocycles. The molecule has 142 valence electrons. The molecule has 1 aliphatic rings. The summed E-state index contributed by atoms with van der Waals surface area (Å²) in [5.74, 6) is -0.302. The van der Waals surface area contributed by atoms with Crippen molar-refractivity contribution < 1.29 is 14.3 Å². The molecule has 3 rings (SSSR count). The van der Waals surface area contributed by atoms with E-state index in [4.69, 9.17) is 4.74 Å². The van der Waals surface area contributed by atoms with Crippen LogP contribution < -0.4 is 5.32 Å². The molecule has 27 heavy (non-hydrogen) atoms. The van der Waals surface area contributed by atoms with Crippen molar-refractivity contribution in [1.29, 1.82) is 0 Å². The van der Waals surface area contributed by atoms with Gasteiger partial charge >= 0.3 is 0 Å². The Morgan fingerprint density at radius 1 is 1.26 bits per heavy atom. The zero-order valence-corrected chi connectivity index (χ0v) is 15.7. The summed E-state index contributed by atoms with van der Waals surface area (Å²) in [6.45, 7) is 4.32. The van der Waals surface area contributed by atoms with Gasteiger partial charge < -0.3 is 15.0 Å². The molecule has 0 radical (unpaired) electrons.